The van der Waals surface area contributed by atoms with Gasteiger partial charge in [0.05, 0.1) is 11.2 Å². The molecule has 6 N–H and O–H groups in total. The maximum atomic E-state index is 13.9. The largest absolute Gasteiger partial charge is 0.399 e. The van der Waals surface area contributed by atoms with Crippen molar-refractivity contribution in [1.29, 1.82) is 0 Å². The highest BCUT2D eigenvalue weighted by Crippen LogP contribution is 2.55. The zero-order valence-electron chi connectivity index (χ0n) is 20.9. The summed E-state index contributed by atoms with van der Waals surface area (Å²) in [6.07, 6.45) is 7.22. The molecule has 1 heterocycles. The van der Waals surface area contributed by atoms with E-state index in [4.69, 9.17) is 11.5 Å². The number of nitrogens with one attached hydrogen (secondary N) is 1. The highest BCUT2D eigenvalue weighted by molar-refractivity contribution is 5.99. The number of amides is 2. The van der Waals surface area contributed by atoms with E-state index >= 15 is 0 Å². The number of benzene rings is 2. The zero-order chi connectivity index (χ0) is 25.3. The number of primary amides is 1. The van der Waals surface area contributed by atoms with Crippen LogP contribution in [0.25, 0.3) is 0 Å². The molecule has 2 aromatic rings. The van der Waals surface area contributed by atoms with E-state index in [9.17, 15) is 14.7 Å². The lowest BCUT2D eigenvalue weighted by Gasteiger charge is -2.40. The van der Waals surface area contributed by atoms with Crippen LogP contribution in [0, 0.1) is 11.8 Å². The lowest BCUT2D eigenvalue weighted by atomic mass is 9.72. The Kier molecular flexibility index (Phi) is 6.79. The smallest absolute Gasteiger partial charge is 0.254 e. The summed E-state index contributed by atoms with van der Waals surface area (Å²) in [6, 6.07) is 15.4. The van der Waals surface area contributed by atoms with Crippen molar-refractivity contribution < 1.29 is 14.7 Å². The predicted molar refractivity (Wildman–Crippen MR) is 141 cm³/mol. The summed E-state index contributed by atoms with van der Waals surface area (Å²) in [4.78, 5) is 28.7. The second-order valence-electron chi connectivity index (χ2n) is 10.9. The maximum Gasteiger partial charge on any atom is 0.254 e. The topological polar surface area (TPSA) is 122 Å². The first-order valence-electron chi connectivity index (χ1n) is 13.4. The third kappa shape index (κ3) is 4.39. The van der Waals surface area contributed by atoms with Crippen LogP contribution in [0.3, 0.4) is 0 Å². The maximum absolute atomic E-state index is 13.9. The number of aliphatic hydroxyl groups is 1. The van der Waals surface area contributed by atoms with E-state index in [2.05, 4.69) is 17.4 Å². The van der Waals surface area contributed by atoms with Crippen molar-refractivity contribution in [2.75, 3.05) is 23.7 Å². The van der Waals surface area contributed by atoms with Gasteiger partial charge in [-0.3, -0.25) is 9.59 Å². The summed E-state index contributed by atoms with van der Waals surface area (Å²) in [7, 11) is 0. The number of nitrogen functional groups attached to an aromatic ring is 1. The van der Waals surface area contributed by atoms with E-state index in [0.717, 1.165) is 45.1 Å². The number of aryl methyl sites for hydroxylation is 1. The molecule has 3 fully saturated rings. The van der Waals surface area contributed by atoms with Gasteiger partial charge in [-0.05, 0) is 61.8 Å². The Bertz CT molecular complexity index is 1120. The molecule has 36 heavy (non-hydrogen) atoms. The second kappa shape index (κ2) is 9.87. The van der Waals surface area contributed by atoms with Gasteiger partial charge in [0.15, 0.2) is 5.60 Å². The molecule has 5 rings (SSSR count). The number of rotatable bonds is 9. The molecule has 7 nitrogen and oxygen atoms in total. The molecule has 1 unspecified atom stereocenters. The van der Waals surface area contributed by atoms with Crippen LogP contribution < -0.4 is 21.7 Å². The van der Waals surface area contributed by atoms with E-state index in [1.165, 1.54) is 5.56 Å². The summed E-state index contributed by atoms with van der Waals surface area (Å²) < 4.78 is 0. The molecule has 2 aliphatic carbocycles. The van der Waals surface area contributed by atoms with Crippen molar-refractivity contribution in [1.82, 2.24) is 5.32 Å². The average molecular weight is 491 g/mol. The fraction of sp³-hybridized carbons (Fsp3) is 0.517. The first kappa shape index (κ1) is 24.8. The van der Waals surface area contributed by atoms with Gasteiger partial charge >= 0.3 is 0 Å². The van der Waals surface area contributed by atoms with E-state index in [0.29, 0.717) is 48.7 Å². The quantitative estimate of drug-likeness (QED) is 0.402. The van der Waals surface area contributed by atoms with Crippen LogP contribution >= 0.6 is 0 Å². The zero-order valence-corrected chi connectivity index (χ0v) is 20.9. The number of nitrogens with zero attached hydrogens (tertiary/aromatic N) is 1. The van der Waals surface area contributed by atoms with Gasteiger partial charge in [-0.2, -0.15) is 0 Å². The monoisotopic (exact) mass is 490 g/mol. The van der Waals surface area contributed by atoms with Crippen LogP contribution in [0.15, 0.2) is 48.5 Å². The number of hydrogen-bond acceptors (Lipinski definition) is 5. The first-order chi connectivity index (χ1) is 17.4. The van der Waals surface area contributed by atoms with Crippen molar-refractivity contribution in [3.05, 3.63) is 59.7 Å². The van der Waals surface area contributed by atoms with Crippen molar-refractivity contribution in [3.8, 4) is 0 Å². The number of carbonyl (C=O) groups excluding carboxylic acids is 2. The molecular formula is C29H38N4O3. The van der Waals surface area contributed by atoms with Gasteiger partial charge in [0, 0.05) is 36.7 Å². The Balaban J connectivity index is 1.51. The van der Waals surface area contributed by atoms with Gasteiger partial charge in [0.25, 0.3) is 5.91 Å². The Morgan fingerprint density at radius 1 is 1.11 bits per heavy atom. The lowest BCUT2D eigenvalue weighted by Crippen LogP contribution is -2.51. The fourth-order valence-electron chi connectivity index (χ4n) is 6.61. The molecule has 3 aliphatic rings. The standard InChI is InChI=1S/C29H38N4O3/c30-23-14-15-25(24(16-23)29(36,27(31)35)21-11-5-2-6-12-21)33(28-17-22(28)18-32-19-28)26(34)13-7-10-20-8-3-1-4-9-20/h1,3-4,8-9,14-16,21-22,32,36H,2,5-7,10-13,17-19,30H2,(H2,31,35)/t22-,28-,29?/m1/s1. The highest BCUT2D eigenvalue weighted by atomic mass is 16.3. The summed E-state index contributed by atoms with van der Waals surface area (Å²) in [5.41, 5.74) is 12.5. The molecule has 0 spiro atoms. The normalized spacial score (nSPS) is 25.1. The van der Waals surface area contributed by atoms with Gasteiger partial charge in [-0.25, -0.2) is 0 Å². The molecule has 0 bridgehead atoms. The summed E-state index contributed by atoms with van der Waals surface area (Å²) in [5, 5.41) is 15.4. The first-order valence-corrected chi connectivity index (χ1v) is 13.4. The molecule has 2 aromatic carbocycles. The van der Waals surface area contributed by atoms with Crippen LogP contribution in [0.1, 0.15) is 62.5 Å². The van der Waals surface area contributed by atoms with Gasteiger partial charge in [0.2, 0.25) is 5.91 Å². The number of carbonyl (C=O) groups is 2. The number of fused-ring (bicyclic) bond motifs is 1. The van der Waals surface area contributed by atoms with Crippen LogP contribution in [0.4, 0.5) is 11.4 Å². The molecule has 3 atom stereocenters. The van der Waals surface area contributed by atoms with Crippen molar-refractivity contribution >= 4 is 23.2 Å². The van der Waals surface area contributed by atoms with Gasteiger partial charge < -0.3 is 26.8 Å². The Morgan fingerprint density at radius 3 is 2.50 bits per heavy atom. The third-order valence-electron chi connectivity index (χ3n) is 8.66. The summed E-state index contributed by atoms with van der Waals surface area (Å²) in [5.74, 6) is -0.698. The number of nitrogens with two attached hydrogens (primary N) is 2. The summed E-state index contributed by atoms with van der Waals surface area (Å²) >= 11 is 0. The summed E-state index contributed by atoms with van der Waals surface area (Å²) in [6.45, 7) is 1.56. The van der Waals surface area contributed by atoms with Crippen LogP contribution in [0.5, 0.6) is 0 Å². The van der Waals surface area contributed by atoms with E-state index in [1.54, 1.807) is 18.2 Å². The van der Waals surface area contributed by atoms with E-state index in [-0.39, 0.29) is 17.4 Å². The number of piperidine rings is 1. The van der Waals surface area contributed by atoms with Crippen LogP contribution in [-0.2, 0) is 21.6 Å². The lowest BCUT2D eigenvalue weighted by molar-refractivity contribution is -0.145. The fourth-order valence-corrected chi connectivity index (χ4v) is 6.61. The van der Waals surface area contributed by atoms with Gasteiger partial charge in [-0.15, -0.1) is 0 Å². The minimum atomic E-state index is -1.87. The van der Waals surface area contributed by atoms with Crippen molar-refractivity contribution in [3.63, 3.8) is 0 Å². The third-order valence-corrected chi connectivity index (χ3v) is 8.66. The molecule has 2 amide bonds. The second-order valence-corrected chi connectivity index (χ2v) is 10.9. The molecule has 192 valence electrons. The highest BCUT2D eigenvalue weighted by Gasteiger charge is 2.63. The molecular weight excluding hydrogens is 452 g/mol. The van der Waals surface area contributed by atoms with Crippen LogP contribution in [0.2, 0.25) is 0 Å². The molecule has 1 saturated heterocycles. The van der Waals surface area contributed by atoms with E-state index in [1.807, 2.05) is 23.1 Å². The minimum absolute atomic E-state index is 0.0126. The average Bonchev–Trinajstić information content (AvgIpc) is 3.44. The minimum Gasteiger partial charge on any atom is -0.399 e. The van der Waals surface area contributed by atoms with E-state index < -0.39 is 11.5 Å². The molecule has 2 saturated carbocycles. The molecule has 0 radical (unpaired) electrons. The Labute approximate surface area is 213 Å². The van der Waals surface area contributed by atoms with Gasteiger partial charge in [0.1, 0.15) is 0 Å². The molecule has 0 aromatic heterocycles. The predicted octanol–water partition coefficient (Wildman–Crippen LogP) is 3.24. The van der Waals surface area contributed by atoms with Crippen LogP contribution in [-0.4, -0.2) is 35.5 Å². The SMILES string of the molecule is NC(=O)C(O)(c1cc(N)ccc1N(C(=O)CCCc1ccccc1)[C@]12CNC[C@H]1C2)C1CCCCC1. The van der Waals surface area contributed by atoms with Gasteiger partial charge in [-0.1, -0.05) is 49.6 Å². The van der Waals surface area contributed by atoms with Crippen molar-refractivity contribution in [2.24, 2.45) is 17.6 Å². The number of hydrogen-bond donors (Lipinski definition) is 4. The Hall–Kier alpha value is -2.90. The molecule has 1 aliphatic heterocycles. The number of anilines is 2. The Morgan fingerprint density at radius 2 is 1.86 bits per heavy atom. The molecule has 7 heteroatoms. The van der Waals surface area contributed by atoms with Crippen molar-refractivity contribution in [2.45, 2.75) is 68.9 Å².